The summed E-state index contributed by atoms with van der Waals surface area (Å²) in [6, 6.07) is 1.75. The number of rotatable bonds is 5. The van der Waals surface area contributed by atoms with Gasteiger partial charge in [-0.3, -0.25) is 0 Å². The molecule has 0 atom stereocenters. The largest absolute Gasteiger partial charge is 0.475 e. The lowest BCUT2D eigenvalue weighted by atomic mass is 10.3. The van der Waals surface area contributed by atoms with E-state index < -0.39 is 5.97 Å². The third kappa shape index (κ3) is 2.91. The zero-order valence-electron chi connectivity index (χ0n) is 9.97. The number of furan rings is 1. The molecule has 2 aromatic rings. The van der Waals surface area contributed by atoms with Gasteiger partial charge in [0, 0.05) is 12.0 Å². The molecule has 96 valence electrons. The molecular formula is C11H12N2O3S2. The van der Waals surface area contributed by atoms with Gasteiger partial charge in [0.15, 0.2) is 4.34 Å². The summed E-state index contributed by atoms with van der Waals surface area (Å²) in [6.07, 6.45) is 0.820. The highest BCUT2D eigenvalue weighted by molar-refractivity contribution is 8.00. The van der Waals surface area contributed by atoms with E-state index in [1.165, 1.54) is 23.3 Å². The third-order valence-electron chi connectivity index (χ3n) is 2.27. The Balaban J connectivity index is 2.01. The molecule has 0 fully saturated rings. The van der Waals surface area contributed by atoms with Crippen molar-refractivity contribution in [1.82, 2.24) is 9.36 Å². The van der Waals surface area contributed by atoms with Crippen LogP contribution in [0.1, 0.15) is 34.6 Å². The fraction of sp³-hybridized carbons (Fsp3) is 0.364. The minimum absolute atomic E-state index is 0.0112. The van der Waals surface area contributed by atoms with Crippen LogP contribution < -0.4 is 0 Å². The number of aryl methyl sites for hydroxylation is 2. The minimum Gasteiger partial charge on any atom is -0.475 e. The van der Waals surface area contributed by atoms with Gasteiger partial charge in [-0.25, -0.2) is 9.78 Å². The van der Waals surface area contributed by atoms with Crippen LogP contribution in [0.25, 0.3) is 0 Å². The van der Waals surface area contributed by atoms with Crippen molar-refractivity contribution in [3.05, 3.63) is 29.0 Å². The number of carboxylic acid groups (broad SMARTS) is 1. The molecule has 0 amide bonds. The van der Waals surface area contributed by atoms with E-state index in [0.717, 1.165) is 16.6 Å². The van der Waals surface area contributed by atoms with E-state index in [4.69, 9.17) is 9.52 Å². The number of hydrogen-bond acceptors (Lipinski definition) is 6. The van der Waals surface area contributed by atoms with Crippen LogP contribution in [0.15, 0.2) is 14.8 Å². The van der Waals surface area contributed by atoms with E-state index in [-0.39, 0.29) is 5.76 Å². The van der Waals surface area contributed by atoms with E-state index >= 15 is 0 Å². The molecule has 0 saturated heterocycles. The Hall–Kier alpha value is -1.34. The molecule has 0 aliphatic rings. The number of hydrogen-bond donors (Lipinski definition) is 1. The van der Waals surface area contributed by atoms with Crippen LogP contribution in [-0.4, -0.2) is 20.4 Å². The van der Waals surface area contributed by atoms with E-state index in [0.29, 0.717) is 17.1 Å². The van der Waals surface area contributed by atoms with Gasteiger partial charge in [-0.1, -0.05) is 18.7 Å². The Morgan fingerprint density at radius 1 is 1.61 bits per heavy atom. The van der Waals surface area contributed by atoms with Crippen LogP contribution in [0.3, 0.4) is 0 Å². The van der Waals surface area contributed by atoms with Crippen LogP contribution in [0.5, 0.6) is 0 Å². The molecule has 7 heteroatoms. The smallest absolute Gasteiger partial charge is 0.372 e. The molecule has 2 aromatic heterocycles. The summed E-state index contributed by atoms with van der Waals surface area (Å²) >= 11 is 2.86. The zero-order chi connectivity index (χ0) is 13.1. The highest BCUT2D eigenvalue weighted by Gasteiger charge is 2.14. The molecule has 1 N–H and O–H groups in total. The Morgan fingerprint density at radius 2 is 2.39 bits per heavy atom. The van der Waals surface area contributed by atoms with Gasteiger partial charge in [0.1, 0.15) is 11.6 Å². The number of thioether (sulfide) groups is 1. The second-order valence-corrected chi connectivity index (χ2v) is 5.62. The second kappa shape index (κ2) is 5.53. The minimum atomic E-state index is -1.03. The van der Waals surface area contributed by atoms with Gasteiger partial charge >= 0.3 is 5.97 Å². The van der Waals surface area contributed by atoms with Crippen LogP contribution in [-0.2, 0) is 12.2 Å². The molecular weight excluding hydrogens is 272 g/mol. The Labute approximate surface area is 112 Å². The van der Waals surface area contributed by atoms with Crippen LogP contribution >= 0.6 is 23.3 Å². The average molecular weight is 284 g/mol. The number of carbonyl (C=O) groups is 1. The Bertz CT molecular complexity index is 562. The van der Waals surface area contributed by atoms with Crippen molar-refractivity contribution in [2.75, 3.05) is 0 Å². The van der Waals surface area contributed by atoms with Gasteiger partial charge in [0.2, 0.25) is 5.76 Å². The molecule has 2 rings (SSSR count). The summed E-state index contributed by atoms with van der Waals surface area (Å²) in [6.45, 7) is 3.73. The summed E-state index contributed by atoms with van der Waals surface area (Å²) in [7, 11) is 0. The molecule has 0 saturated carbocycles. The first-order valence-corrected chi connectivity index (χ1v) is 7.14. The number of aromatic carboxylic acids is 1. The molecule has 0 unspecified atom stereocenters. The van der Waals surface area contributed by atoms with Gasteiger partial charge < -0.3 is 9.52 Å². The van der Waals surface area contributed by atoms with Crippen LogP contribution in [0.4, 0.5) is 0 Å². The third-order valence-corrected chi connectivity index (χ3v) is 4.16. The predicted octanol–water partition coefficient (Wildman–Crippen LogP) is 2.99. The van der Waals surface area contributed by atoms with Crippen molar-refractivity contribution in [2.45, 2.75) is 30.4 Å². The molecule has 0 aliphatic carbocycles. The van der Waals surface area contributed by atoms with Crippen LogP contribution in [0.2, 0.25) is 0 Å². The lowest BCUT2D eigenvalue weighted by Gasteiger charge is -1.92. The van der Waals surface area contributed by atoms with E-state index in [9.17, 15) is 4.79 Å². The van der Waals surface area contributed by atoms with Gasteiger partial charge in [-0.2, -0.15) is 4.37 Å². The van der Waals surface area contributed by atoms with Gasteiger partial charge in [0.25, 0.3) is 0 Å². The number of aromatic nitrogens is 2. The number of nitrogens with zero attached hydrogens (tertiary/aromatic N) is 2. The van der Waals surface area contributed by atoms with Gasteiger partial charge in [-0.05, 0) is 24.5 Å². The average Bonchev–Trinajstić information content (AvgIpc) is 2.92. The maximum Gasteiger partial charge on any atom is 0.372 e. The molecule has 0 bridgehead atoms. The van der Waals surface area contributed by atoms with Crippen molar-refractivity contribution in [3.63, 3.8) is 0 Å². The maximum atomic E-state index is 10.8. The fourth-order valence-electron chi connectivity index (χ4n) is 1.40. The fourth-order valence-corrected chi connectivity index (χ4v) is 2.98. The first-order valence-electron chi connectivity index (χ1n) is 5.38. The topological polar surface area (TPSA) is 76.2 Å². The lowest BCUT2D eigenvalue weighted by Crippen LogP contribution is -1.94. The van der Waals surface area contributed by atoms with Crippen LogP contribution in [0, 0.1) is 6.92 Å². The summed E-state index contributed by atoms with van der Waals surface area (Å²) in [5.74, 6) is 1.02. The van der Waals surface area contributed by atoms with Gasteiger partial charge in [-0.15, -0.1) is 0 Å². The molecule has 5 nitrogen and oxygen atoms in total. The van der Waals surface area contributed by atoms with Crippen molar-refractivity contribution in [3.8, 4) is 0 Å². The summed E-state index contributed by atoms with van der Waals surface area (Å²) < 4.78 is 10.3. The molecule has 2 heterocycles. The molecule has 0 spiro atoms. The van der Waals surface area contributed by atoms with E-state index in [1.807, 2.05) is 6.92 Å². The van der Waals surface area contributed by atoms with E-state index in [2.05, 4.69) is 9.36 Å². The summed E-state index contributed by atoms with van der Waals surface area (Å²) in [5.41, 5.74) is 0.643. The van der Waals surface area contributed by atoms with Crippen molar-refractivity contribution in [1.29, 1.82) is 0 Å². The Kier molecular flexibility index (Phi) is 4.03. The van der Waals surface area contributed by atoms with Crippen molar-refractivity contribution >= 4 is 29.3 Å². The SMILES string of the molecule is CCc1nsc(SCc2cc(C)c(C(=O)O)o2)n1. The standard InChI is InChI=1S/C11H12N2O3S2/c1-3-8-12-11(18-13-8)17-5-7-4-6(2)9(16-7)10(14)15/h4H,3,5H2,1-2H3,(H,14,15). The highest BCUT2D eigenvalue weighted by atomic mass is 32.2. The second-order valence-electron chi connectivity index (χ2n) is 3.65. The first-order chi connectivity index (χ1) is 8.60. The van der Waals surface area contributed by atoms with Crippen molar-refractivity contribution in [2.24, 2.45) is 0 Å². The first kappa shape index (κ1) is 13.1. The highest BCUT2D eigenvalue weighted by Crippen LogP contribution is 2.26. The predicted molar refractivity (Wildman–Crippen MR) is 69.3 cm³/mol. The zero-order valence-corrected chi connectivity index (χ0v) is 11.6. The maximum absolute atomic E-state index is 10.8. The summed E-state index contributed by atoms with van der Waals surface area (Å²) in [5, 5.41) is 8.88. The molecule has 0 aromatic carbocycles. The quantitative estimate of drug-likeness (QED) is 0.851. The normalized spacial score (nSPS) is 10.8. The van der Waals surface area contributed by atoms with Crippen molar-refractivity contribution < 1.29 is 14.3 Å². The van der Waals surface area contributed by atoms with E-state index in [1.54, 1.807) is 13.0 Å². The Morgan fingerprint density at radius 3 is 2.94 bits per heavy atom. The molecule has 0 radical (unpaired) electrons. The summed E-state index contributed by atoms with van der Waals surface area (Å²) in [4.78, 5) is 15.2. The monoisotopic (exact) mass is 284 g/mol. The molecule has 0 aliphatic heterocycles. The molecule has 18 heavy (non-hydrogen) atoms. The van der Waals surface area contributed by atoms with Gasteiger partial charge in [0.05, 0.1) is 5.75 Å². The number of carboxylic acids is 1. The lowest BCUT2D eigenvalue weighted by molar-refractivity contribution is 0.0659.